The summed E-state index contributed by atoms with van der Waals surface area (Å²) >= 11 is 1.85. The van der Waals surface area contributed by atoms with Gasteiger partial charge in [-0.25, -0.2) is 0 Å². The van der Waals surface area contributed by atoms with Gasteiger partial charge in [0.05, 0.1) is 18.1 Å². The van der Waals surface area contributed by atoms with Crippen LogP contribution in [0.1, 0.15) is 73.6 Å². The quantitative estimate of drug-likeness (QED) is 0.587. The molecule has 4 heterocycles. The van der Waals surface area contributed by atoms with E-state index < -0.39 is 28.5 Å². The summed E-state index contributed by atoms with van der Waals surface area (Å²) in [6, 6.07) is 0. The van der Waals surface area contributed by atoms with Crippen LogP contribution in [0.3, 0.4) is 0 Å². The highest BCUT2D eigenvalue weighted by Crippen LogP contribution is 2.80. The number of allylic oxidation sites excluding steroid dienone is 1. The maximum absolute atomic E-state index is 14.4. The number of aliphatic hydroxyl groups is 1. The van der Waals surface area contributed by atoms with Crippen LogP contribution in [0, 0.1) is 39.9 Å². The van der Waals surface area contributed by atoms with Crippen molar-refractivity contribution in [3.63, 3.8) is 0 Å². The van der Waals surface area contributed by atoms with Crippen LogP contribution >= 0.6 is 11.8 Å². The van der Waals surface area contributed by atoms with Gasteiger partial charge in [-0.15, -0.1) is 11.8 Å². The zero-order chi connectivity index (χ0) is 24.8. The van der Waals surface area contributed by atoms with Gasteiger partial charge in [-0.05, 0) is 74.5 Å². The van der Waals surface area contributed by atoms with E-state index in [1.165, 1.54) is 5.57 Å². The Morgan fingerprint density at radius 2 is 1.91 bits per heavy atom. The van der Waals surface area contributed by atoms with E-state index in [9.17, 15) is 9.90 Å². The van der Waals surface area contributed by atoms with Gasteiger partial charge in [0, 0.05) is 11.8 Å². The molecule has 0 aromatic heterocycles. The van der Waals surface area contributed by atoms with Gasteiger partial charge in [0.15, 0.2) is 11.6 Å². The summed E-state index contributed by atoms with van der Waals surface area (Å²) < 4.78 is 27.0. The number of thioether (sulfide) groups is 1. The lowest BCUT2D eigenvalue weighted by Crippen LogP contribution is -2.87. The lowest BCUT2D eigenvalue weighted by molar-refractivity contribution is -0.527. The molecule has 4 bridgehead atoms. The predicted octanol–water partition coefficient (Wildman–Crippen LogP) is 4.65. The minimum absolute atomic E-state index is 0.0260. The van der Waals surface area contributed by atoms with Crippen molar-refractivity contribution in [1.82, 2.24) is 0 Å². The molecule has 6 nitrogen and oxygen atoms in total. The summed E-state index contributed by atoms with van der Waals surface area (Å²) in [5.74, 6) is -0.248. The molecule has 7 heteroatoms. The normalized spacial score (nSPS) is 54.6. The van der Waals surface area contributed by atoms with Gasteiger partial charge in [-0.2, -0.15) is 0 Å². The average Bonchev–Trinajstić information content (AvgIpc) is 2.90. The largest absolute Gasteiger partial charge is 0.483 e. The van der Waals surface area contributed by atoms with Crippen LogP contribution in [0.15, 0.2) is 11.3 Å². The molecule has 3 saturated heterocycles. The molecule has 3 saturated carbocycles. The number of carbonyl (C=O) groups excluding carboxylic acids is 1. The van der Waals surface area contributed by atoms with Crippen LogP contribution in [-0.4, -0.2) is 52.5 Å². The van der Waals surface area contributed by atoms with Crippen molar-refractivity contribution < 1.29 is 28.8 Å². The minimum Gasteiger partial charge on any atom is -0.483 e. The second kappa shape index (κ2) is 6.88. The van der Waals surface area contributed by atoms with Crippen molar-refractivity contribution in [3.8, 4) is 0 Å². The summed E-state index contributed by atoms with van der Waals surface area (Å²) in [6.45, 7) is 13.0. The standard InChI is InChI=1S/C28H40O6S/c1-7-35-18-11-8-15-12-24(3,4)19-21(30)28-27-17(26(19,13-31-28)22(15)32-18)10-9-16(14(2)20(27)29)23(27)33-25(5,6)34-28/h14,16-19,21,23,30H,7-13H2,1-6H3/t14?,16-,17-,18+,19+,21-,23+,26-,27-,28-/m0/s1. The Hall–Kier alpha value is -0.600. The van der Waals surface area contributed by atoms with E-state index in [1.54, 1.807) is 0 Å². The third kappa shape index (κ3) is 2.43. The van der Waals surface area contributed by atoms with E-state index in [-0.39, 0.29) is 46.4 Å². The molecule has 10 atom stereocenters. The van der Waals surface area contributed by atoms with E-state index in [4.69, 9.17) is 18.9 Å². The van der Waals surface area contributed by atoms with Crippen LogP contribution in [0.25, 0.3) is 0 Å². The molecule has 8 aliphatic rings. The van der Waals surface area contributed by atoms with Crippen molar-refractivity contribution in [1.29, 1.82) is 0 Å². The molecule has 4 aliphatic carbocycles. The third-order valence-corrected chi connectivity index (χ3v) is 12.0. The lowest BCUT2D eigenvalue weighted by atomic mass is 9.36. The van der Waals surface area contributed by atoms with Crippen molar-refractivity contribution in [2.24, 2.45) is 39.9 Å². The van der Waals surface area contributed by atoms with Crippen molar-refractivity contribution in [3.05, 3.63) is 11.3 Å². The van der Waals surface area contributed by atoms with E-state index >= 15 is 0 Å². The number of ketones is 1. The first-order valence-electron chi connectivity index (χ1n) is 13.7. The van der Waals surface area contributed by atoms with Gasteiger partial charge in [0.25, 0.3) is 0 Å². The molecule has 4 aliphatic heterocycles. The number of fused-ring (bicyclic) bond motifs is 1. The molecule has 194 valence electrons. The van der Waals surface area contributed by atoms with Gasteiger partial charge >= 0.3 is 0 Å². The van der Waals surface area contributed by atoms with Crippen LogP contribution in [-0.2, 0) is 23.7 Å². The first-order valence-corrected chi connectivity index (χ1v) is 14.8. The molecule has 0 amide bonds. The molecule has 1 N–H and O–H groups in total. The maximum Gasteiger partial charge on any atom is 0.213 e. The Labute approximate surface area is 212 Å². The zero-order valence-electron chi connectivity index (χ0n) is 21.9. The number of rotatable bonds is 2. The van der Waals surface area contributed by atoms with Crippen molar-refractivity contribution >= 4 is 17.5 Å². The van der Waals surface area contributed by atoms with Gasteiger partial charge in [0.2, 0.25) is 5.79 Å². The highest BCUT2D eigenvalue weighted by Gasteiger charge is 2.90. The Morgan fingerprint density at radius 3 is 2.66 bits per heavy atom. The van der Waals surface area contributed by atoms with E-state index in [0.29, 0.717) is 6.61 Å². The molecular weight excluding hydrogens is 464 g/mol. The summed E-state index contributed by atoms with van der Waals surface area (Å²) in [5, 5.41) is 12.4. The molecule has 8 rings (SSSR count). The highest BCUT2D eigenvalue weighted by molar-refractivity contribution is 7.99. The fraction of sp³-hybridized carbons (Fsp3) is 0.893. The number of hydrogen-bond acceptors (Lipinski definition) is 7. The summed E-state index contributed by atoms with van der Waals surface area (Å²) in [7, 11) is 0. The number of hydrogen-bond donors (Lipinski definition) is 1. The highest BCUT2D eigenvalue weighted by atomic mass is 32.2. The SMILES string of the molecule is CCS[C@@H]1CCC2=C(O1)[C@@]13CO[C@]4(OC(C)(C)O[C@@H]5[C@H]6CC[C@@H]1[C@]54C(=O)C6C)[C@@H](O)[C@@H]3C(C)(C)C2. The average molecular weight is 505 g/mol. The maximum atomic E-state index is 14.4. The molecule has 3 spiro atoms. The molecule has 35 heavy (non-hydrogen) atoms. The monoisotopic (exact) mass is 504 g/mol. The lowest BCUT2D eigenvalue weighted by Gasteiger charge is -2.77. The Kier molecular flexibility index (Phi) is 4.62. The second-order valence-corrected chi connectivity index (χ2v) is 14.9. The van der Waals surface area contributed by atoms with Crippen LogP contribution in [0.2, 0.25) is 0 Å². The molecule has 0 radical (unpaired) electrons. The molecule has 0 aromatic rings. The topological polar surface area (TPSA) is 74.2 Å². The van der Waals surface area contributed by atoms with Gasteiger partial charge in [-0.3, -0.25) is 4.79 Å². The summed E-state index contributed by atoms with van der Waals surface area (Å²) in [5.41, 5.74) is -0.227. The summed E-state index contributed by atoms with van der Waals surface area (Å²) in [6.07, 6.45) is 3.57. The Bertz CT molecular complexity index is 1020. The fourth-order valence-corrected chi connectivity index (χ4v) is 11.1. The Morgan fingerprint density at radius 1 is 1.14 bits per heavy atom. The molecule has 0 aromatic carbocycles. The smallest absolute Gasteiger partial charge is 0.213 e. The zero-order valence-corrected chi connectivity index (χ0v) is 22.7. The van der Waals surface area contributed by atoms with Gasteiger partial charge < -0.3 is 24.1 Å². The van der Waals surface area contributed by atoms with Crippen molar-refractivity contribution in [2.45, 2.75) is 103 Å². The summed E-state index contributed by atoms with van der Waals surface area (Å²) in [4.78, 5) is 14.4. The van der Waals surface area contributed by atoms with Crippen LogP contribution in [0.5, 0.6) is 0 Å². The molecular formula is C28H40O6S. The molecule has 1 unspecified atom stereocenters. The van der Waals surface area contributed by atoms with E-state index in [2.05, 4.69) is 27.7 Å². The second-order valence-electron chi connectivity index (χ2n) is 13.4. The van der Waals surface area contributed by atoms with Crippen LogP contribution < -0.4 is 0 Å². The Balaban J connectivity index is 1.50. The number of Topliss-reactive ketones (excluding diaryl/α,β-unsaturated/α-hetero) is 1. The van der Waals surface area contributed by atoms with Gasteiger partial charge in [-0.1, -0.05) is 27.7 Å². The van der Waals surface area contributed by atoms with Crippen LogP contribution in [0.4, 0.5) is 0 Å². The predicted molar refractivity (Wildman–Crippen MR) is 131 cm³/mol. The van der Waals surface area contributed by atoms with E-state index in [0.717, 1.165) is 43.6 Å². The van der Waals surface area contributed by atoms with E-state index in [1.807, 2.05) is 25.6 Å². The number of carbonyl (C=O) groups is 1. The van der Waals surface area contributed by atoms with Crippen molar-refractivity contribution in [2.75, 3.05) is 12.4 Å². The van der Waals surface area contributed by atoms with Gasteiger partial charge in [0.1, 0.15) is 22.7 Å². The minimum atomic E-state index is -1.38. The molecule has 6 fully saturated rings. The fourth-order valence-electron chi connectivity index (χ4n) is 10.3. The third-order valence-electron chi connectivity index (χ3n) is 11.0. The first kappa shape index (κ1) is 23.5. The number of ether oxygens (including phenoxy) is 4. The number of aliphatic hydroxyl groups excluding tert-OH is 1. The first-order chi connectivity index (χ1) is 16.5.